The van der Waals surface area contributed by atoms with Crippen molar-refractivity contribution < 1.29 is 9.90 Å². The molecule has 0 spiro atoms. The molecule has 3 aromatic rings. The molecular weight excluding hydrogens is 314 g/mol. The minimum atomic E-state index is -0.647. The molecule has 0 saturated carbocycles. The van der Waals surface area contributed by atoms with Crippen LogP contribution in [0.2, 0.25) is 0 Å². The van der Waals surface area contributed by atoms with Crippen molar-refractivity contribution in [3.8, 4) is 17.6 Å². The van der Waals surface area contributed by atoms with E-state index in [9.17, 15) is 9.90 Å². The van der Waals surface area contributed by atoms with E-state index in [1.807, 2.05) is 36.4 Å². The molecule has 124 valence electrons. The summed E-state index contributed by atoms with van der Waals surface area (Å²) in [5, 5.41) is 9.31. The van der Waals surface area contributed by atoms with Crippen LogP contribution in [0.15, 0.2) is 72.9 Å². The monoisotopic (exact) mass is 331 g/mol. The van der Waals surface area contributed by atoms with Crippen LogP contribution in [-0.4, -0.2) is 16.0 Å². The third-order valence-corrected chi connectivity index (χ3v) is 3.05. The highest BCUT2D eigenvalue weighted by atomic mass is 16.3. The van der Waals surface area contributed by atoms with Gasteiger partial charge >= 0.3 is 0 Å². The first-order valence-corrected chi connectivity index (χ1v) is 7.42. The van der Waals surface area contributed by atoms with Crippen LogP contribution in [0.1, 0.15) is 21.5 Å². The lowest BCUT2D eigenvalue weighted by molar-refractivity contribution is 0.100. The second-order valence-electron chi connectivity index (χ2n) is 4.98. The van der Waals surface area contributed by atoms with E-state index in [1.54, 1.807) is 18.2 Å². The first kappa shape index (κ1) is 17.6. The zero-order valence-electron chi connectivity index (χ0n) is 13.4. The van der Waals surface area contributed by atoms with Crippen LogP contribution in [0.4, 0.5) is 5.82 Å². The number of pyridine rings is 1. The van der Waals surface area contributed by atoms with E-state index in [2.05, 4.69) is 16.8 Å². The molecule has 1 amide bonds. The second-order valence-corrected chi connectivity index (χ2v) is 4.98. The van der Waals surface area contributed by atoms with Gasteiger partial charge in [0.15, 0.2) is 0 Å². The summed E-state index contributed by atoms with van der Waals surface area (Å²) in [6.45, 7) is 0. The number of rotatable bonds is 1. The summed E-state index contributed by atoms with van der Waals surface area (Å²) in [5.41, 5.74) is 12.0. The van der Waals surface area contributed by atoms with E-state index in [0.717, 1.165) is 0 Å². The van der Waals surface area contributed by atoms with Gasteiger partial charge in [-0.3, -0.25) is 4.79 Å². The summed E-state index contributed by atoms with van der Waals surface area (Å²) >= 11 is 0. The summed E-state index contributed by atoms with van der Waals surface area (Å²) in [7, 11) is 0. The summed E-state index contributed by atoms with van der Waals surface area (Å²) < 4.78 is 0. The van der Waals surface area contributed by atoms with E-state index in [0.29, 0.717) is 11.1 Å². The van der Waals surface area contributed by atoms with Crippen LogP contribution in [0, 0.1) is 11.8 Å². The normalized spacial score (nSPS) is 9.12. The fourth-order valence-electron chi connectivity index (χ4n) is 1.85. The second kappa shape index (κ2) is 8.75. The van der Waals surface area contributed by atoms with E-state index in [4.69, 9.17) is 11.5 Å². The van der Waals surface area contributed by atoms with Gasteiger partial charge in [-0.2, -0.15) is 0 Å². The molecule has 0 radical (unpaired) electrons. The smallest absolute Gasteiger partial charge is 0.252 e. The Kier molecular flexibility index (Phi) is 6.15. The first-order valence-electron chi connectivity index (χ1n) is 7.42. The van der Waals surface area contributed by atoms with Gasteiger partial charge in [0.1, 0.15) is 11.6 Å². The van der Waals surface area contributed by atoms with Gasteiger partial charge in [-0.25, -0.2) is 4.98 Å². The van der Waals surface area contributed by atoms with Gasteiger partial charge in [0.25, 0.3) is 5.91 Å². The number of phenolic OH excluding ortho intramolecular Hbond substituents is 1. The van der Waals surface area contributed by atoms with Crippen LogP contribution >= 0.6 is 0 Å². The Morgan fingerprint density at radius 1 is 0.920 bits per heavy atom. The maximum absolute atomic E-state index is 11.1. The van der Waals surface area contributed by atoms with E-state index in [-0.39, 0.29) is 17.1 Å². The maximum Gasteiger partial charge on any atom is 0.252 e. The SMILES string of the molecule is NC(=O)c1cc(C#Cc2cccc(O)c2)cnc1N.c1ccccc1. The van der Waals surface area contributed by atoms with E-state index >= 15 is 0 Å². The fraction of sp³-hybridized carbons (Fsp3) is 0. The molecule has 2 aromatic carbocycles. The topological polar surface area (TPSA) is 102 Å². The number of phenols is 1. The molecule has 5 nitrogen and oxygen atoms in total. The number of hydrogen-bond acceptors (Lipinski definition) is 4. The molecule has 5 N–H and O–H groups in total. The average molecular weight is 331 g/mol. The molecule has 0 aliphatic carbocycles. The molecule has 0 unspecified atom stereocenters. The molecular formula is C20H17N3O2. The minimum Gasteiger partial charge on any atom is -0.508 e. The summed E-state index contributed by atoms with van der Waals surface area (Å²) in [5.74, 6) is 5.24. The zero-order chi connectivity index (χ0) is 18.1. The predicted octanol–water partition coefficient (Wildman–Crippen LogP) is 2.55. The van der Waals surface area contributed by atoms with Crippen LogP contribution in [0.3, 0.4) is 0 Å². The summed E-state index contributed by atoms with van der Waals surface area (Å²) in [6.07, 6.45) is 1.46. The Morgan fingerprint density at radius 3 is 2.08 bits per heavy atom. The molecule has 1 heterocycles. The van der Waals surface area contributed by atoms with Gasteiger partial charge in [0, 0.05) is 17.3 Å². The van der Waals surface area contributed by atoms with Gasteiger partial charge in [-0.05, 0) is 24.3 Å². The van der Waals surface area contributed by atoms with Gasteiger partial charge in [-0.15, -0.1) is 0 Å². The van der Waals surface area contributed by atoms with Gasteiger partial charge in [0.2, 0.25) is 0 Å². The lowest BCUT2D eigenvalue weighted by atomic mass is 10.1. The van der Waals surface area contributed by atoms with Gasteiger partial charge < -0.3 is 16.6 Å². The van der Waals surface area contributed by atoms with Crippen molar-refractivity contribution in [2.24, 2.45) is 5.73 Å². The molecule has 0 aliphatic rings. The summed E-state index contributed by atoms with van der Waals surface area (Å²) in [6, 6.07) is 20.0. The Morgan fingerprint density at radius 2 is 1.52 bits per heavy atom. The Labute approximate surface area is 146 Å². The number of primary amides is 1. The standard InChI is InChI=1S/C14H11N3O2.C6H6/c15-13-12(14(16)19)7-10(8-17-13)5-4-9-2-1-3-11(18)6-9;1-2-4-6-5-3-1/h1-3,6-8,18H,(H2,15,17)(H2,16,19);1-6H. The van der Waals surface area contributed by atoms with Gasteiger partial charge in [0.05, 0.1) is 5.56 Å². The van der Waals surface area contributed by atoms with Crippen molar-refractivity contribution in [2.75, 3.05) is 5.73 Å². The molecule has 3 rings (SSSR count). The van der Waals surface area contributed by atoms with Crippen LogP contribution in [0.25, 0.3) is 0 Å². The predicted molar refractivity (Wildman–Crippen MR) is 97.7 cm³/mol. The van der Waals surface area contributed by atoms with Crippen LogP contribution < -0.4 is 11.5 Å². The minimum absolute atomic E-state index is 0.0791. The fourth-order valence-corrected chi connectivity index (χ4v) is 1.85. The number of carbonyl (C=O) groups excluding carboxylic acids is 1. The third-order valence-electron chi connectivity index (χ3n) is 3.05. The highest BCUT2D eigenvalue weighted by Gasteiger charge is 2.06. The number of aromatic hydroxyl groups is 1. The van der Waals surface area contributed by atoms with Crippen LogP contribution in [-0.2, 0) is 0 Å². The molecule has 0 fully saturated rings. The number of carbonyl (C=O) groups is 1. The number of amides is 1. The molecule has 0 bridgehead atoms. The lowest BCUT2D eigenvalue weighted by Gasteiger charge is -2.00. The number of aromatic nitrogens is 1. The molecule has 1 aromatic heterocycles. The number of hydrogen-bond donors (Lipinski definition) is 3. The number of nitrogens with zero attached hydrogens (tertiary/aromatic N) is 1. The van der Waals surface area contributed by atoms with Crippen molar-refractivity contribution >= 4 is 11.7 Å². The van der Waals surface area contributed by atoms with Crippen LogP contribution in [0.5, 0.6) is 5.75 Å². The van der Waals surface area contributed by atoms with E-state index < -0.39 is 5.91 Å². The molecule has 5 heteroatoms. The molecule has 0 saturated heterocycles. The highest BCUT2D eigenvalue weighted by Crippen LogP contribution is 2.11. The van der Waals surface area contributed by atoms with Crippen molar-refractivity contribution in [1.82, 2.24) is 4.98 Å². The lowest BCUT2D eigenvalue weighted by Crippen LogP contribution is -2.14. The molecule has 0 aliphatic heterocycles. The largest absolute Gasteiger partial charge is 0.508 e. The maximum atomic E-state index is 11.1. The number of benzene rings is 2. The zero-order valence-corrected chi connectivity index (χ0v) is 13.4. The Balaban J connectivity index is 0.000000316. The van der Waals surface area contributed by atoms with Crippen molar-refractivity contribution in [2.45, 2.75) is 0 Å². The Bertz CT molecular complexity index is 886. The Hall–Kier alpha value is -3.78. The van der Waals surface area contributed by atoms with Crippen molar-refractivity contribution in [1.29, 1.82) is 0 Å². The first-order chi connectivity index (χ1) is 12.1. The molecule has 0 atom stereocenters. The number of anilines is 1. The van der Waals surface area contributed by atoms with E-state index in [1.165, 1.54) is 18.3 Å². The highest BCUT2D eigenvalue weighted by molar-refractivity contribution is 5.97. The average Bonchev–Trinajstić information content (AvgIpc) is 2.63. The van der Waals surface area contributed by atoms with Gasteiger partial charge in [-0.1, -0.05) is 54.3 Å². The molecule has 25 heavy (non-hydrogen) atoms. The third kappa shape index (κ3) is 5.73. The number of nitrogen functional groups attached to an aromatic ring is 1. The van der Waals surface area contributed by atoms with Crippen molar-refractivity contribution in [3.63, 3.8) is 0 Å². The quantitative estimate of drug-likeness (QED) is 0.596. The summed E-state index contributed by atoms with van der Waals surface area (Å²) in [4.78, 5) is 15.0. The van der Waals surface area contributed by atoms with Crippen molar-refractivity contribution in [3.05, 3.63) is 89.6 Å². The number of nitrogens with two attached hydrogens (primary N) is 2.